The van der Waals surface area contributed by atoms with Crippen LogP contribution >= 0.6 is 27.5 Å². The molecule has 2 aromatic carbocycles. The zero-order chi connectivity index (χ0) is 13.4. The van der Waals surface area contributed by atoms with Gasteiger partial charge in [0.05, 0.1) is 6.10 Å². The molecule has 1 saturated carbocycles. The average molecular weight is 338 g/mol. The molecule has 2 aromatic rings. The van der Waals surface area contributed by atoms with Crippen LogP contribution in [0.3, 0.4) is 0 Å². The summed E-state index contributed by atoms with van der Waals surface area (Å²) in [6.45, 7) is 0. The lowest BCUT2D eigenvalue weighted by atomic mass is 10.0. The van der Waals surface area contributed by atoms with Crippen LogP contribution in [0.1, 0.15) is 29.6 Å². The van der Waals surface area contributed by atoms with Crippen molar-refractivity contribution in [1.82, 2.24) is 0 Å². The van der Waals surface area contributed by atoms with Crippen molar-refractivity contribution in [2.24, 2.45) is 5.92 Å². The van der Waals surface area contributed by atoms with Gasteiger partial charge >= 0.3 is 0 Å². The molecule has 3 atom stereocenters. The Hall–Kier alpha value is -0.830. The molecule has 98 valence electrons. The van der Waals surface area contributed by atoms with E-state index in [2.05, 4.69) is 28.1 Å². The van der Waals surface area contributed by atoms with E-state index in [-0.39, 0.29) is 5.92 Å². The fraction of sp³-hybridized carbons (Fsp3) is 0.250. The van der Waals surface area contributed by atoms with E-state index in [9.17, 15) is 5.11 Å². The summed E-state index contributed by atoms with van der Waals surface area (Å²) in [5.41, 5.74) is 2.12. The molecular weight excluding hydrogens is 324 g/mol. The lowest BCUT2D eigenvalue weighted by Crippen LogP contribution is -2.02. The van der Waals surface area contributed by atoms with E-state index >= 15 is 0 Å². The van der Waals surface area contributed by atoms with Crippen molar-refractivity contribution in [2.45, 2.75) is 18.4 Å². The van der Waals surface area contributed by atoms with E-state index in [1.165, 1.54) is 5.56 Å². The standard InChI is InChI=1S/C16H14BrClO/c17-11-6-7-15(18)14(8-11)16(19)13-9-12(13)10-4-2-1-3-5-10/h1-8,12-13,16,19H,9H2. The van der Waals surface area contributed by atoms with Gasteiger partial charge in [-0.25, -0.2) is 0 Å². The van der Waals surface area contributed by atoms with Crippen LogP contribution in [-0.4, -0.2) is 5.11 Å². The lowest BCUT2D eigenvalue weighted by molar-refractivity contribution is 0.151. The van der Waals surface area contributed by atoms with E-state index < -0.39 is 6.10 Å². The molecule has 0 heterocycles. The zero-order valence-electron chi connectivity index (χ0n) is 10.3. The van der Waals surface area contributed by atoms with Crippen molar-refractivity contribution >= 4 is 27.5 Å². The maximum absolute atomic E-state index is 10.5. The monoisotopic (exact) mass is 336 g/mol. The highest BCUT2D eigenvalue weighted by Crippen LogP contribution is 2.54. The zero-order valence-corrected chi connectivity index (χ0v) is 12.6. The van der Waals surface area contributed by atoms with Crippen LogP contribution in [0.5, 0.6) is 0 Å². The molecule has 0 radical (unpaired) electrons. The van der Waals surface area contributed by atoms with Crippen LogP contribution in [-0.2, 0) is 0 Å². The highest BCUT2D eigenvalue weighted by Gasteiger charge is 2.44. The molecule has 0 bridgehead atoms. The number of benzene rings is 2. The summed E-state index contributed by atoms with van der Waals surface area (Å²) in [5.74, 6) is 0.723. The van der Waals surface area contributed by atoms with Gasteiger partial charge in [0.1, 0.15) is 0 Å². The molecule has 0 aliphatic heterocycles. The van der Waals surface area contributed by atoms with Crippen molar-refractivity contribution < 1.29 is 5.11 Å². The third kappa shape index (κ3) is 2.71. The molecule has 0 aromatic heterocycles. The van der Waals surface area contributed by atoms with Crippen LogP contribution in [0.2, 0.25) is 5.02 Å². The van der Waals surface area contributed by atoms with Gasteiger partial charge in [-0.05, 0) is 42.0 Å². The maximum Gasteiger partial charge on any atom is 0.0839 e. The summed E-state index contributed by atoms with van der Waals surface area (Å²) in [4.78, 5) is 0. The molecule has 1 N–H and O–H groups in total. The summed E-state index contributed by atoms with van der Waals surface area (Å²) < 4.78 is 0.947. The van der Waals surface area contributed by atoms with E-state index in [0.29, 0.717) is 10.9 Å². The van der Waals surface area contributed by atoms with E-state index in [4.69, 9.17) is 11.6 Å². The second kappa shape index (κ2) is 5.28. The van der Waals surface area contributed by atoms with Gasteiger partial charge < -0.3 is 5.11 Å². The van der Waals surface area contributed by atoms with Crippen LogP contribution < -0.4 is 0 Å². The van der Waals surface area contributed by atoms with Crippen molar-refractivity contribution in [2.75, 3.05) is 0 Å². The highest BCUT2D eigenvalue weighted by molar-refractivity contribution is 9.10. The van der Waals surface area contributed by atoms with Crippen molar-refractivity contribution in [3.63, 3.8) is 0 Å². The van der Waals surface area contributed by atoms with Crippen molar-refractivity contribution in [3.8, 4) is 0 Å². The van der Waals surface area contributed by atoms with Crippen molar-refractivity contribution in [3.05, 3.63) is 69.2 Å². The third-order valence-corrected chi connectivity index (χ3v) is 4.59. The lowest BCUT2D eigenvalue weighted by Gasteiger charge is -2.13. The fourth-order valence-corrected chi connectivity index (χ4v) is 3.23. The van der Waals surface area contributed by atoms with Gasteiger partial charge in [0.15, 0.2) is 0 Å². The largest absolute Gasteiger partial charge is 0.388 e. The molecule has 1 aliphatic rings. The Morgan fingerprint density at radius 3 is 2.63 bits per heavy atom. The Labute approximate surface area is 126 Å². The molecule has 19 heavy (non-hydrogen) atoms. The van der Waals surface area contributed by atoms with Gasteiger partial charge in [-0.1, -0.05) is 57.9 Å². The summed E-state index contributed by atoms with van der Waals surface area (Å²) in [6, 6.07) is 16.0. The van der Waals surface area contributed by atoms with Crippen LogP contribution in [0.15, 0.2) is 53.0 Å². The van der Waals surface area contributed by atoms with E-state index in [1.54, 1.807) is 0 Å². The Bertz CT molecular complexity index is 585. The van der Waals surface area contributed by atoms with Crippen molar-refractivity contribution in [1.29, 1.82) is 0 Å². The first-order valence-electron chi connectivity index (χ1n) is 6.35. The molecule has 3 rings (SSSR count). The van der Waals surface area contributed by atoms with Gasteiger partial charge in [0.25, 0.3) is 0 Å². The quantitative estimate of drug-likeness (QED) is 0.841. The average Bonchev–Trinajstić information content (AvgIpc) is 3.22. The van der Waals surface area contributed by atoms with Crippen LogP contribution in [0, 0.1) is 5.92 Å². The number of hydrogen-bond donors (Lipinski definition) is 1. The SMILES string of the molecule is OC(c1cc(Br)ccc1Cl)C1CC1c1ccccc1. The molecule has 0 amide bonds. The van der Waals surface area contributed by atoms with Crippen LogP contribution in [0.4, 0.5) is 0 Å². The predicted molar refractivity (Wildman–Crippen MR) is 81.4 cm³/mol. The Kier molecular flexibility index (Phi) is 3.66. The summed E-state index contributed by atoms with van der Waals surface area (Å²) in [5, 5.41) is 11.1. The maximum atomic E-state index is 10.5. The first-order chi connectivity index (χ1) is 9.16. The van der Waals surface area contributed by atoms with Gasteiger partial charge in [-0.3, -0.25) is 0 Å². The van der Waals surface area contributed by atoms with Crippen LogP contribution in [0.25, 0.3) is 0 Å². The predicted octanol–water partition coefficient (Wildman–Crippen LogP) is 4.94. The molecular formula is C16H14BrClO. The number of hydrogen-bond acceptors (Lipinski definition) is 1. The normalized spacial score (nSPS) is 23.1. The number of aliphatic hydroxyl groups is 1. The summed E-state index contributed by atoms with van der Waals surface area (Å²) in [7, 11) is 0. The highest BCUT2D eigenvalue weighted by atomic mass is 79.9. The first-order valence-corrected chi connectivity index (χ1v) is 7.52. The Balaban J connectivity index is 1.80. The molecule has 1 aliphatic carbocycles. The Morgan fingerprint density at radius 2 is 1.89 bits per heavy atom. The fourth-order valence-electron chi connectivity index (χ4n) is 2.62. The molecule has 3 heteroatoms. The molecule has 1 nitrogen and oxygen atoms in total. The molecule has 3 unspecified atom stereocenters. The second-order valence-electron chi connectivity index (χ2n) is 5.03. The minimum Gasteiger partial charge on any atom is -0.388 e. The number of aliphatic hydroxyl groups excluding tert-OH is 1. The summed E-state index contributed by atoms with van der Waals surface area (Å²) >= 11 is 9.60. The smallest absolute Gasteiger partial charge is 0.0839 e. The third-order valence-electron chi connectivity index (χ3n) is 3.75. The van der Waals surface area contributed by atoms with E-state index in [0.717, 1.165) is 16.5 Å². The van der Waals surface area contributed by atoms with Gasteiger partial charge in [0.2, 0.25) is 0 Å². The number of halogens is 2. The molecule has 0 saturated heterocycles. The topological polar surface area (TPSA) is 20.2 Å². The first kappa shape index (κ1) is 13.2. The van der Waals surface area contributed by atoms with Gasteiger partial charge in [0, 0.05) is 15.1 Å². The molecule has 0 spiro atoms. The van der Waals surface area contributed by atoms with E-state index in [1.807, 2.05) is 36.4 Å². The van der Waals surface area contributed by atoms with Gasteiger partial charge in [-0.15, -0.1) is 0 Å². The summed E-state index contributed by atoms with van der Waals surface area (Å²) in [6.07, 6.45) is 0.531. The minimum absolute atomic E-state index is 0.272. The second-order valence-corrected chi connectivity index (χ2v) is 6.35. The Morgan fingerprint density at radius 1 is 1.16 bits per heavy atom. The number of rotatable bonds is 3. The van der Waals surface area contributed by atoms with Gasteiger partial charge in [-0.2, -0.15) is 0 Å². The molecule has 1 fully saturated rings. The minimum atomic E-state index is -0.491.